The molecule has 0 aliphatic heterocycles. The van der Waals surface area contributed by atoms with Crippen LogP contribution in [0, 0.1) is 0 Å². The summed E-state index contributed by atoms with van der Waals surface area (Å²) >= 11 is 0. The molecule has 0 spiro atoms. The molecule has 0 radical (unpaired) electrons. The van der Waals surface area contributed by atoms with Gasteiger partial charge < -0.3 is 73.0 Å². The molecule has 24 heteroatoms. The largest absolute Gasteiger partial charge is 1.00 e. The average Bonchev–Trinajstić information content (AvgIpc) is 1.12. The van der Waals surface area contributed by atoms with E-state index in [1.807, 2.05) is 0 Å². The molecule has 0 fully saturated rings. The van der Waals surface area contributed by atoms with E-state index in [0.717, 1.165) is 0 Å². The molecule has 0 saturated carbocycles. The first-order valence-corrected chi connectivity index (χ1v) is 4.00. The monoisotopic (exact) mass is 464 g/mol. The summed E-state index contributed by atoms with van der Waals surface area (Å²) < 4.78 is 68.2. The van der Waals surface area contributed by atoms with Crippen molar-refractivity contribution in [3.8, 4) is 0 Å². The van der Waals surface area contributed by atoms with Crippen molar-refractivity contribution >= 4 is 20.8 Å². The van der Waals surface area contributed by atoms with Crippen LogP contribution in [-0.4, -0.2) is 89.8 Å². The molecular formula is H20Na4O18S2. The summed E-state index contributed by atoms with van der Waals surface area (Å²) in [4.78, 5) is 0. The topological polar surface area (TPSA) is 476 Å². The quantitative estimate of drug-likeness (QED) is 0.187. The zero-order chi connectivity index (χ0) is 9.00. The van der Waals surface area contributed by atoms with Crippen molar-refractivity contribution < 1.29 is 208 Å². The van der Waals surface area contributed by atoms with Crippen molar-refractivity contribution in [1.29, 1.82) is 0 Å². The number of hydrogen-bond donors (Lipinski definition) is 0. The van der Waals surface area contributed by atoms with Crippen LogP contribution in [0.25, 0.3) is 0 Å². The molecule has 0 aromatic rings. The summed E-state index contributed by atoms with van der Waals surface area (Å²) in [5, 5.41) is 0. The molecule has 0 aromatic carbocycles. The molecule has 0 aliphatic rings. The first kappa shape index (κ1) is 148. The van der Waals surface area contributed by atoms with Crippen molar-refractivity contribution in [2.75, 3.05) is 0 Å². The summed E-state index contributed by atoms with van der Waals surface area (Å²) in [6.07, 6.45) is 0. The van der Waals surface area contributed by atoms with Gasteiger partial charge in [0.25, 0.3) is 0 Å². The van der Waals surface area contributed by atoms with E-state index >= 15 is 0 Å². The molecule has 0 rings (SSSR count). The third-order valence-electron chi connectivity index (χ3n) is 0. The molecule has 0 saturated heterocycles. The van der Waals surface area contributed by atoms with Gasteiger partial charge in [0, 0.05) is 20.8 Å². The van der Waals surface area contributed by atoms with E-state index in [1.54, 1.807) is 0 Å². The smallest absolute Gasteiger partial charge is 0.759 e. The summed E-state index contributed by atoms with van der Waals surface area (Å²) in [7, 11) is -10.3. The van der Waals surface area contributed by atoms with Crippen molar-refractivity contribution in [2.45, 2.75) is 0 Å². The summed E-state index contributed by atoms with van der Waals surface area (Å²) in [6.45, 7) is 0. The maximum atomic E-state index is 8.52. The van der Waals surface area contributed by atoms with Gasteiger partial charge in [-0.25, -0.2) is 0 Å². The molecule has 24 heavy (non-hydrogen) atoms. The van der Waals surface area contributed by atoms with E-state index in [1.165, 1.54) is 0 Å². The fourth-order valence-corrected chi connectivity index (χ4v) is 0. The molecule has 0 heterocycles. The molecule has 144 valence electrons. The van der Waals surface area contributed by atoms with Crippen LogP contribution >= 0.6 is 0 Å². The molecule has 0 aliphatic carbocycles. The second-order valence-corrected chi connectivity index (χ2v) is 2.45. The Labute approximate surface area is 225 Å². The fourth-order valence-electron chi connectivity index (χ4n) is 0. The second-order valence-electron chi connectivity index (χ2n) is 0.816. The Bertz CT molecular complexity index is 221. The Morgan fingerprint density at radius 1 is 0.333 bits per heavy atom. The predicted molar refractivity (Wildman–Crippen MR) is 57.1 cm³/mol. The van der Waals surface area contributed by atoms with E-state index in [0.29, 0.717) is 0 Å². The molecular weight excluding hydrogens is 444 g/mol. The van der Waals surface area contributed by atoms with Crippen LogP contribution in [0.5, 0.6) is 0 Å². The average molecular weight is 464 g/mol. The van der Waals surface area contributed by atoms with Crippen LogP contribution in [-0.2, 0) is 20.8 Å². The summed E-state index contributed by atoms with van der Waals surface area (Å²) in [6, 6.07) is 0. The molecule has 0 bridgehead atoms. The minimum absolute atomic E-state index is 0. The van der Waals surface area contributed by atoms with Crippen molar-refractivity contribution in [1.82, 2.24) is 0 Å². The SMILES string of the molecule is O.O.O.O.O.O.O.O.O.O.O=S(=O)([O-])[O-].O=S(=O)([O-])[O-].[Na+].[Na+].[Na+].[Na+]. The molecule has 18 nitrogen and oxygen atoms in total. The Kier molecular flexibility index (Phi) is 442. The van der Waals surface area contributed by atoms with Crippen LogP contribution in [0.3, 0.4) is 0 Å². The molecule has 0 amide bonds. The Morgan fingerprint density at radius 2 is 0.333 bits per heavy atom. The van der Waals surface area contributed by atoms with E-state index in [2.05, 4.69) is 0 Å². The maximum absolute atomic E-state index is 8.52. The minimum Gasteiger partial charge on any atom is -0.759 e. The van der Waals surface area contributed by atoms with Crippen LogP contribution < -0.4 is 118 Å². The normalized spacial score (nSPS) is 4.83. The third-order valence-corrected chi connectivity index (χ3v) is 0. The van der Waals surface area contributed by atoms with E-state index in [9.17, 15) is 0 Å². The second kappa shape index (κ2) is 71.9. The van der Waals surface area contributed by atoms with Crippen LogP contribution in [0.15, 0.2) is 0 Å². The van der Waals surface area contributed by atoms with Crippen LogP contribution in [0.2, 0.25) is 0 Å². The van der Waals surface area contributed by atoms with Crippen molar-refractivity contribution in [2.24, 2.45) is 0 Å². The van der Waals surface area contributed by atoms with Gasteiger partial charge in [0.2, 0.25) is 0 Å². The van der Waals surface area contributed by atoms with Gasteiger partial charge in [-0.15, -0.1) is 0 Å². The first-order valence-electron chi connectivity index (χ1n) is 1.33. The van der Waals surface area contributed by atoms with Gasteiger partial charge in [0.05, 0.1) is 0 Å². The Hall–Kier alpha value is 3.34. The van der Waals surface area contributed by atoms with Gasteiger partial charge in [0.15, 0.2) is 0 Å². The number of rotatable bonds is 0. The van der Waals surface area contributed by atoms with Crippen LogP contribution in [0.1, 0.15) is 0 Å². The Morgan fingerprint density at radius 3 is 0.333 bits per heavy atom. The van der Waals surface area contributed by atoms with E-state index in [-0.39, 0.29) is 173 Å². The summed E-state index contributed by atoms with van der Waals surface area (Å²) in [5.74, 6) is 0. The van der Waals surface area contributed by atoms with E-state index in [4.69, 9.17) is 35.0 Å². The van der Waals surface area contributed by atoms with Crippen molar-refractivity contribution in [3.63, 3.8) is 0 Å². The number of hydrogen-bond acceptors (Lipinski definition) is 8. The maximum Gasteiger partial charge on any atom is 1.00 e. The third kappa shape index (κ3) is 1350. The molecule has 0 unspecified atom stereocenters. The van der Waals surface area contributed by atoms with Gasteiger partial charge in [-0.3, -0.25) is 16.8 Å². The zero-order valence-corrected chi connectivity index (χ0v) is 22.7. The Balaban J connectivity index is -0.00000000241. The van der Waals surface area contributed by atoms with E-state index < -0.39 is 20.8 Å². The first-order chi connectivity index (χ1) is 4.00. The predicted octanol–water partition coefficient (Wildman–Crippen LogP) is -22.9. The molecule has 0 aromatic heterocycles. The summed E-state index contributed by atoms with van der Waals surface area (Å²) in [5.41, 5.74) is 0. The zero-order valence-electron chi connectivity index (χ0n) is 13.1. The van der Waals surface area contributed by atoms with Gasteiger partial charge >= 0.3 is 118 Å². The molecule has 20 N–H and O–H groups in total. The van der Waals surface area contributed by atoms with Crippen LogP contribution in [0.4, 0.5) is 0 Å². The van der Waals surface area contributed by atoms with Gasteiger partial charge in [-0.05, 0) is 0 Å². The minimum atomic E-state index is -5.17. The standard InChI is InChI=1S/4Na.2H2O4S.10H2O/c;;;;2*1-5(2,3)4;;;;;;;;;;/h;;;;2*(H2,1,2,3,4);10*1H2/q4*+1;;;;;;;;;;;;/p-4. The van der Waals surface area contributed by atoms with Gasteiger partial charge in [0.1, 0.15) is 0 Å². The van der Waals surface area contributed by atoms with Crippen molar-refractivity contribution in [3.05, 3.63) is 0 Å². The molecule has 0 atom stereocenters. The fraction of sp³-hybridized carbons (Fsp3) is 0. The van der Waals surface area contributed by atoms with Gasteiger partial charge in [-0.1, -0.05) is 0 Å². The van der Waals surface area contributed by atoms with Gasteiger partial charge in [-0.2, -0.15) is 0 Å².